The van der Waals surface area contributed by atoms with Crippen molar-refractivity contribution in [3.63, 3.8) is 0 Å². The lowest BCUT2D eigenvalue weighted by atomic mass is 9.83. The number of fused-ring (bicyclic) bond motifs is 8. The normalized spacial score (nSPS) is 28.5. The number of aromatic nitrogens is 2. The topological polar surface area (TPSA) is 228 Å². The van der Waals surface area contributed by atoms with Crippen LogP contribution < -0.4 is 37.6 Å². The average Bonchev–Trinajstić information content (AvgIpc) is 3.58. The number of aliphatic hydroxyl groups excluding tert-OH is 1. The summed E-state index contributed by atoms with van der Waals surface area (Å²) in [5.74, 6) is 1.94. The number of carbonyl (C=O) groups is 1. The van der Waals surface area contributed by atoms with E-state index in [1.165, 1.54) is 6.07 Å². The number of nitrogens with one attached hydrogen (secondary N) is 4. The molecule has 10 N–H and O–H groups in total. The Hall–Kier alpha value is -4.94. The number of aliphatic hydroxyl groups is 1. The van der Waals surface area contributed by atoms with Crippen molar-refractivity contribution in [1.82, 2.24) is 25.5 Å². The fourth-order valence-corrected chi connectivity index (χ4v) is 11.9. The highest BCUT2D eigenvalue weighted by Crippen LogP contribution is 2.51. The maximum atomic E-state index is 14.8. The van der Waals surface area contributed by atoms with Crippen LogP contribution in [0.3, 0.4) is 0 Å². The Labute approximate surface area is 360 Å². The minimum atomic E-state index is -1.34. The first-order valence-corrected chi connectivity index (χ1v) is 23.3. The van der Waals surface area contributed by atoms with Crippen LogP contribution in [0.5, 0.6) is 11.5 Å². The van der Waals surface area contributed by atoms with E-state index in [4.69, 9.17) is 30.1 Å². The van der Waals surface area contributed by atoms with Crippen molar-refractivity contribution in [2.75, 3.05) is 31.7 Å². The number of hydrogen-bond acceptors (Lipinski definition) is 15. The van der Waals surface area contributed by atoms with Gasteiger partial charge in [-0.3, -0.25) is 4.79 Å². The summed E-state index contributed by atoms with van der Waals surface area (Å²) < 4.78 is 27.8. The Balaban J connectivity index is 1.07. The maximum Gasteiger partial charge on any atom is 0.341 e. The number of aryl methyl sites for hydroxylation is 1. The van der Waals surface area contributed by atoms with Crippen LogP contribution in [0.2, 0.25) is 0 Å². The van der Waals surface area contributed by atoms with E-state index in [0.29, 0.717) is 79.0 Å². The zero-order valence-electron chi connectivity index (χ0n) is 34.4. The second-order valence-electron chi connectivity index (χ2n) is 16.9. The Morgan fingerprint density at radius 1 is 1.13 bits per heavy atom. The summed E-state index contributed by atoms with van der Waals surface area (Å²) in [7, 11) is 5.13. The van der Waals surface area contributed by atoms with Gasteiger partial charge in [0.25, 0.3) is 0 Å². The van der Waals surface area contributed by atoms with E-state index in [0.717, 1.165) is 27.6 Å². The number of aromatic amines is 1. The van der Waals surface area contributed by atoms with Gasteiger partial charge in [0.15, 0.2) is 11.0 Å². The van der Waals surface area contributed by atoms with Gasteiger partial charge in [-0.25, -0.2) is 4.79 Å². The minimum absolute atomic E-state index is 0.0477. The van der Waals surface area contributed by atoms with Gasteiger partial charge in [0.2, 0.25) is 0 Å². The van der Waals surface area contributed by atoms with Crippen molar-refractivity contribution in [3.05, 3.63) is 105 Å². The molecule has 61 heavy (non-hydrogen) atoms. The van der Waals surface area contributed by atoms with Gasteiger partial charge < -0.3 is 65.8 Å². The number of dihydropyridines is 2. The Bertz CT molecular complexity index is 2530. The lowest BCUT2D eigenvalue weighted by Gasteiger charge is -2.42. The van der Waals surface area contributed by atoms with Crippen molar-refractivity contribution < 1.29 is 33.6 Å². The second kappa shape index (κ2) is 16.4. The number of ether oxygens (including phenoxy) is 3. The van der Waals surface area contributed by atoms with Crippen LogP contribution in [-0.4, -0.2) is 92.9 Å². The molecule has 0 aliphatic carbocycles. The van der Waals surface area contributed by atoms with Crippen molar-refractivity contribution in [2.24, 2.45) is 17.4 Å². The summed E-state index contributed by atoms with van der Waals surface area (Å²) in [5.41, 5.74) is 15.4. The van der Waals surface area contributed by atoms with E-state index in [-0.39, 0.29) is 47.3 Å². The number of H-pyrrole nitrogens is 1. The summed E-state index contributed by atoms with van der Waals surface area (Å²) in [6.45, 7) is 4.52. The summed E-state index contributed by atoms with van der Waals surface area (Å²) in [6.07, 6.45) is 13.1. The predicted molar refractivity (Wildman–Crippen MR) is 237 cm³/mol. The monoisotopic (exact) mass is 871 g/mol. The van der Waals surface area contributed by atoms with E-state index in [2.05, 4.69) is 56.1 Å². The third-order valence-corrected chi connectivity index (χ3v) is 15.0. The molecule has 17 heteroatoms. The third kappa shape index (κ3) is 7.79. The predicted octanol–water partition coefficient (Wildman–Crippen LogP) is 4.08. The summed E-state index contributed by atoms with van der Waals surface area (Å²) in [4.78, 5) is 31.1. The summed E-state index contributed by atoms with van der Waals surface area (Å²) in [5, 5.41) is 33.2. The number of nitrogens with zero attached hydrogens (tertiary/aromatic N) is 1. The number of phenols is 1. The molecular weight excluding hydrogens is 819 g/mol. The van der Waals surface area contributed by atoms with Crippen LogP contribution in [-0.2, 0) is 27.2 Å². The van der Waals surface area contributed by atoms with Crippen LogP contribution >= 0.6 is 21.6 Å². The van der Waals surface area contributed by atoms with Gasteiger partial charge >= 0.3 is 5.97 Å². The van der Waals surface area contributed by atoms with Gasteiger partial charge in [-0.2, -0.15) is 0 Å². The van der Waals surface area contributed by atoms with E-state index in [1.54, 1.807) is 41.6 Å². The molecule has 2 bridgehead atoms. The van der Waals surface area contributed by atoms with Crippen molar-refractivity contribution in [1.29, 1.82) is 0 Å². The molecule has 5 aliphatic rings. The highest BCUT2D eigenvalue weighted by atomic mass is 33.1. The number of esters is 1. The molecule has 0 saturated carbocycles. The Morgan fingerprint density at radius 3 is 2.79 bits per heavy atom. The van der Waals surface area contributed by atoms with E-state index in [1.807, 2.05) is 19.2 Å². The zero-order valence-corrected chi connectivity index (χ0v) is 36.0. The summed E-state index contributed by atoms with van der Waals surface area (Å²) in [6, 6.07) is 4.70. The number of aromatic hydroxyl groups is 1. The van der Waals surface area contributed by atoms with Crippen LogP contribution in [0.4, 0.5) is 0 Å². The molecule has 0 amide bonds. The molecule has 8 heterocycles. The standard InChI is InChI=1S/C44H53N7O8S2/c1-23-12-33(53)39-35(56-23)17-34-29(40(39)54)16-37-43(2,58-34)8-11-60-61-22-30-28(15-27(49-41(30)46)20-51-19-25-6-9-48-32(25)21-51)31-13-24(14-38(45)50-31)4-5-36-44(59-36,42(55)57-37)26(7-10-52)18-47-3/h6,9,12-15,17,19,21,26-27,31,36-37,47-50,52,54H,4-5,7-8,10-11,16,18,20,22,45-46H2,1-3H3/t26-,27?,31?,36-,37-,43+,44+/m1/s1. The third-order valence-electron chi connectivity index (χ3n) is 12.7. The van der Waals surface area contributed by atoms with Gasteiger partial charge in [-0.15, -0.1) is 0 Å². The Morgan fingerprint density at radius 2 is 1.98 bits per heavy atom. The molecule has 4 aromatic rings. The molecule has 2 unspecified atom stereocenters. The van der Waals surface area contributed by atoms with Crippen LogP contribution in [0.15, 0.2) is 92.6 Å². The van der Waals surface area contributed by atoms with Crippen LogP contribution in [0.25, 0.3) is 21.9 Å². The first-order chi connectivity index (χ1) is 29.4. The van der Waals surface area contributed by atoms with Gasteiger partial charge in [0.1, 0.15) is 45.8 Å². The molecule has 15 nitrogen and oxygen atoms in total. The molecule has 7 atom stereocenters. The Kier molecular flexibility index (Phi) is 11.1. The quantitative estimate of drug-likeness (QED) is 0.0744. The molecule has 1 saturated heterocycles. The van der Waals surface area contributed by atoms with Crippen molar-refractivity contribution in [3.8, 4) is 11.5 Å². The van der Waals surface area contributed by atoms with Gasteiger partial charge in [0, 0.05) is 97.2 Å². The molecule has 3 aromatic heterocycles. The number of phenolic OH excluding ortho intramolecular Hbond substituents is 1. The van der Waals surface area contributed by atoms with Crippen LogP contribution in [0.1, 0.15) is 43.9 Å². The number of epoxide rings is 1. The first kappa shape index (κ1) is 41.4. The van der Waals surface area contributed by atoms with Gasteiger partial charge in [-0.05, 0) is 63.4 Å². The number of carbonyl (C=O) groups excluding carboxylic acids is 1. The average molecular weight is 872 g/mol. The van der Waals surface area contributed by atoms with Gasteiger partial charge in [0.05, 0.1) is 29.5 Å². The van der Waals surface area contributed by atoms with Crippen molar-refractivity contribution in [2.45, 2.75) is 88.0 Å². The minimum Gasteiger partial charge on any atom is -0.507 e. The first-order valence-electron chi connectivity index (χ1n) is 20.8. The van der Waals surface area contributed by atoms with Crippen LogP contribution in [0, 0.1) is 12.8 Å². The fourth-order valence-electron chi connectivity index (χ4n) is 9.53. The second-order valence-corrected chi connectivity index (χ2v) is 19.5. The molecule has 1 fully saturated rings. The number of hydrogen-bond donors (Lipinski definition) is 8. The lowest BCUT2D eigenvalue weighted by molar-refractivity contribution is -0.171. The maximum absolute atomic E-state index is 14.8. The number of nitrogens with two attached hydrogens (primary N) is 2. The molecular formula is C44H53N7O8S2. The molecule has 1 aromatic carbocycles. The molecule has 324 valence electrons. The zero-order chi connectivity index (χ0) is 42.6. The lowest BCUT2D eigenvalue weighted by Crippen LogP contribution is -2.54. The number of rotatable bonds is 7. The molecule has 0 radical (unpaired) electrons. The van der Waals surface area contributed by atoms with Crippen molar-refractivity contribution >= 4 is 49.4 Å². The smallest absolute Gasteiger partial charge is 0.341 e. The highest BCUT2D eigenvalue weighted by molar-refractivity contribution is 8.76. The van der Waals surface area contributed by atoms with E-state index >= 15 is 0 Å². The molecule has 5 aliphatic heterocycles. The van der Waals surface area contributed by atoms with E-state index < -0.39 is 35.3 Å². The number of allylic oxidation sites excluding steroid dienone is 2. The van der Waals surface area contributed by atoms with Gasteiger partial charge in [-0.1, -0.05) is 33.7 Å². The molecule has 9 rings (SSSR count). The molecule has 0 spiro atoms. The SMILES string of the molecule is CNC[C@@H](CCO)[C@]12O[C@@H]1CCC1=CC(NC(N)=C1)C1=CC(Cn3cc4cc[nH]c4c3)NC(N)=C1CSSCC[C@]1(C)Oc3cc4oc(C)cc(=O)c4c(O)c3C[C@H]1OC2=O. The number of benzene rings is 1. The highest BCUT2D eigenvalue weighted by Gasteiger charge is 2.68. The van der Waals surface area contributed by atoms with E-state index in [9.17, 15) is 19.8 Å². The largest absolute Gasteiger partial charge is 0.507 e. The summed E-state index contributed by atoms with van der Waals surface area (Å²) >= 11 is 0. The fraction of sp³-hybridized carbons (Fsp3) is 0.455.